The van der Waals surface area contributed by atoms with Crippen LogP contribution in [-0.4, -0.2) is 52.8 Å². The minimum atomic E-state index is -0.697. The van der Waals surface area contributed by atoms with Gasteiger partial charge in [0.05, 0.1) is 25.4 Å². The van der Waals surface area contributed by atoms with Crippen molar-refractivity contribution in [2.45, 2.75) is 30.1 Å². The van der Waals surface area contributed by atoms with E-state index in [0.717, 1.165) is 5.56 Å². The highest BCUT2D eigenvalue weighted by Gasteiger charge is 2.36. The number of ether oxygens (including phenoxy) is 2. The molecule has 1 aliphatic heterocycles. The van der Waals surface area contributed by atoms with Crippen molar-refractivity contribution in [3.05, 3.63) is 60.7 Å². The lowest BCUT2D eigenvalue weighted by Crippen LogP contribution is -2.25. The fourth-order valence-electron chi connectivity index (χ4n) is 2.11. The number of esters is 1. The molecule has 0 saturated carbocycles. The van der Waals surface area contributed by atoms with Crippen LogP contribution in [0.25, 0.3) is 0 Å². The number of aliphatic hydroxyl groups is 2. The van der Waals surface area contributed by atoms with Crippen LogP contribution in [0.1, 0.15) is 22.3 Å². The zero-order valence-corrected chi connectivity index (χ0v) is 15.3. The maximum absolute atomic E-state index is 12.0. The largest absolute Gasteiger partial charge is 0.455 e. The molecule has 0 aliphatic carbocycles. The first-order valence-electron chi connectivity index (χ1n) is 8.03. The van der Waals surface area contributed by atoms with Crippen LogP contribution >= 0.6 is 11.8 Å². The Morgan fingerprint density at radius 3 is 2.52 bits per heavy atom. The monoisotopic (exact) mass is 366 g/mol. The van der Waals surface area contributed by atoms with Gasteiger partial charge in [0, 0.05) is 11.7 Å². The molecule has 5 nitrogen and oxygen atoms in total. The first-order chi connectivity index (χ1) is 12.0. The second kappa shape index (κ2) is 11.9. The SMILES string of the molecule is C=CCO.C=CCOC[C@@H]1C[C@H](OC(=O)c2ccc(C)cc2)C(O)S1. The molecule has 2 rings (SSSR count). The highest BCUT2D eigenvalue weighted by atomic mass is 32.2. The van der Waals surface area contributed by atoms with E-state index in [1.807, 2.05) is 19.1 Å². The first-order valence-corrected chi connectivity index (χ1v) is 8.97. The van der Waals surface area contributed by atoms with Crippen LogP contribution in [0, 0.1) is 6.92 Å². The number of carbonyl (C=O) groups is 1. The maximum Gasteiger partial charge on any atom is 0.338 e. The van der Waals surface area contributed by atoms with Gasteiger partial charge in [0.1, 0.15) is 11.5 Å². The van der Waals surface area contributed by atoms with Crippen LogP contribution in [0.4, 0.5) is 0 Å². The summed E-state index contributed by atoms with van der Waals surface area (Å²) >= 11 is 1.38. The molecule has 0 amide bonds. The van der Waals surface area contributed by atoms with Gasteiger partial charge in [0.25, 0.3) is 0 Å². The average molecular weight is 366 g/mol. The number of rotatable bonds is 7. The molecule has 0 spiro atoms. The Morgan fingerprint density at radius 2 is 1.96 bits per heavy atom. The Labute approximate surface area is 153 Å². The Morgan fingerprint density at radius 1 is 1.32 bits per heavy atom. The summed E-state index contributed by atoms with van der Waals surface area (Å²) < 4.78 is 10.8. The predicted molar refractivity (Wildman–Crippen MR) is 101 cm³/mol. The van der Waals surface area contributed by atoms with E-state index in [4.69, 9.17) is 14.6 Å². The van der Waals surface area contributed by atoms with E-state index < -0.39 is 17.5 Å². The quantitative estimate of drug-likeness (QED) is 0.439. The van der Waals surface area contributed by atoms with Gasteiger partial charge in [-0.05, 0) is 19.1 Å². The fourth-order valence-corrected chi connectivity index (χ4v) is 3.32. The summed E-state index contributed by atoms with van der Waals surface area (Å²) in [4.78, 5) is 12.0. The van der Waals surface area contributed by atoms with E-state index in [1.54, 1.807) is 18.2 Å². The van der Waals surface area contributed by atoms with Crippen molar-refractivity contribution in [2.75, 3.05) is 19.8 Å². The number of benzene rings is 1. The molecule has 1 saturated heterocycles. The lowest BCUT2D eigenvalue weighted by Gasteiger charge is -2.14. The zero-order chi connectivity index (χ0) is 18.7. The Balaban J connectivity index is 0.000000705. The molecule has 25 heavy (non-hydrogen) atoms. The van der Waals surface area contributed by atoms with Crippen LogP contribution in [0.3, 0.4) is 0 Å². The average Bonchev–Trinajstić information content (AvgIpc) is 2.95. The van der Waals surface area contributed by atoms with Crippen LogP contribution in [-0.2, 0) is 9.47 Å². The van der Waals surface area contributed by atoms with Crippen LogP contribution in [0.2, 0.25) is 0 Å². The van der Waals surface area contributed by atoms with Crippen molar-refractivity contribution in [3.63, 3.8) is 0 Å². The molecule has 0 aromatic heterocycles. The molecule has 138 valence electrons. The second-order valence-electron chi connectivity index (χ2n) is 5.49. The van der Waals surface area contributed by atoms with Gasteiger partial charge in [-0.2, -0.15) is 0 Å². The molecule has 0 bridgehead atoms. The summed E-state index contributed by atoms with van der Waals surface area (Å²) in [5.41, 5.74) is 0.892. The van der Waals surface area contributed by atoms with Crippen molar-refractivity contribution in [1.82, 2.24) is 0 Å². The van der Waals surface area contributed by atoms with Crippen molar-refractivity contribution < 1.29 is 24.5 Å². The molecule has 0 radical (unpaired) electrons. The summed E-state index contributed by atoms with van der Waals surface area (Å²) in [5, 5.41) is 17.9. The van der Waals surface area contributed by atoms with Crippen LogP contribution < -0.4 is 0 Å². The van der Waals surface area contributed by atoms with Gasteiger partial charge in [-0.15, -0.1) is 24.9 Å². The van der Waals surface area contributed by atoms with Crippen molar-refractivity contribution in [3.8, 4) is 0 Å². The molecule has 6 heteroatoms. The molecule has 1 fully saturated rings. The number of hydrogen-bond donors (Lipinski definition) is 2. The van der Waals surface area contributed by atoms with Gasteiger partial charge in [-0.1, -0.05) is 29.8 Å². The van der Waals surface area contributed by atoms with Crippen molar-refractivity contribution in [2.24, 2.45) is 0 Å². The van der Waals surface area contributed by atoms with Gasteiger partial charge in [-0.25, -0.2) is 4.79 Å². The number of thioether (sulfide) groups is 1. The number of aryl methyl sites for hydroxylation is 1. The van der Waals surface area contributed by atoms with E-state index in [2.05, 4.69) is 13.2 Å². The Bertz CT molecular complexity index is 543. The third-order valence-corrected chi connectivity index (χ3v) is 4.66. The topological polar surface area (TPSA) is 76.0 Å². The second-order valence-corrected chi connectivity index (χ2v) is 6.91. The molecule has 1 aromatic carbocycles. The minimum absolute atomic E-state index is 0.0833. The van der Waals surface area contributed by atoms with Gasteiger partial charge in [0.2, 0.25) is 0 Å². The van der Waals surface area contributed by atoms with E-state index in [0.29, 0.717) is 25.2 Å². The van der Waals surface area contributed by atoms with Gasteiger partial charge >= 0.3 is 5.97 Å². The molecule has 1 aromatic rings. The van der Waals surface area contributed by atoms with Gasteiger partial charge in [-0.3, -0.25) is 0 Å². The van der Waals surface area contributed by atoms with Crippen molar-refractivity contribution in [1.29, 1.82) is 0 Å². The lowest BCUT2D eigenvalue weighted by atomic mass is 10.1. The van der Waals surface area contributed by atoms with Gasteiger partial charge < -0.3 is 19.7 Å². The Kier molecular flexibility index (Phi) is 10.2. The molecule has 3 atom stereocenters. The molecule has 1 unspecified atom stereocenters. The third kappa shape index (κ3) is 7.88. The van der Waals surface area contributed by atoms with E-state index in [-0.39, 0.29) is 11.9 Å². The fraction of sp³-hybridized carbons (Fsp3) is 0.421. The smallest absolute Gasteiger partial charge is 0.338 e. The minimum Gasteiger partial charge on any atom is -0.455 e. The summed E-state index contributed by atoms with van der Waals surface area (Å²) in [6, 6.07) is 7.19. The normalized spacial score (nSPS) is 21.8. The van der Waals surface area contributed by atoms with E-state index >= 15 is 0 Å². The maximum atomic E-state index is 12.0. The number of hydrogen-bond acceptors (Lipinski definition) is 6. The summed E-state index contributed by atoms with van der Waals surface area (Å²) in [5.74, 6) is -0.396. The highest BCUT2D eigenvalue weighted by molar-refractivity contribution is 8.00. The van der Waals surface area contributed by atoms with Crippen LogP contribution in [0.5, 0.6) is 0 Å². The summed E-state index contributed by atoms with van der Waals surface area (Å²) in [6.07, 6.45) is 3.23. The Hall–Kier alpha value is -1.60. The lowest BCUT2D eigenvalue weighted by molar-refractivity contribution is 0.00669. The van der Waals surface area contributed by atoms with E-state index in [1.165, 1.54) is 17.8 Å². The molecule has 1 aliphatic rings. The number of carbonyl (C=O) groups excluding carboxylic acids is 1. The molecule has 1 heterocycles. The van der Waals surface area contributed by atoms with E-state index in [9.17, 15) is 9.90 Å². The molecular formula is C19H26O5S. The summed E-state index contributed by atoms with van der Waals surface area (Å²) in [6.45, 7) is 9.86. The number of aliphatic hydroxyl groups excluding tert-OH is 2. The summed E-state index contributed by atoms with van der Waals surface area (Å²) in [7, 11) is 0. The molecule has 2 N–H and O–H groups in total. The van der Waals surface area contributed by atoms with Crippen molar-refractivity contribution >= 4 is 17.7 Å². The standard InChI is InChI=1S/C16H20O4S.C3H6O/c1-3-8-19-10-13-9-14(16(18)21-13)20-15(17)12-6-4-11(2)5-7-12;1-2-3-4/h3-7,13-14,16,18H,1,8-10H2,2H3;2,4H,1,3H2/t13-,14-,16?;/m0./s1. The highest BCUT2D eigenvalue weighted by Crippen LogP contribution is 2.34. The first kappa shape index (κ1) is 21.4. The third-order valence-electron chi connectivity index (χ3n) is 3.36. The predicted octanol–water partition coefficient (Wildman–Crippen LogP) is 2.71. The van der Waals surface area contributed by atoms with Gasteiger partial charge in [0.15, 0.2) is 0 Å². The zero-order valence-electron chi connectivity index (χ0n) is 14.5. The molecular weight excluding hydrogens is 340 g/mol. The van der Waals surface area contributed by atoms with Crippen LogP contribution in [0.15, 0.2) is 49.6 Å².